The van der Waals surface area contributed by atoms with E-state index in [4.69, 9.17) is 5.73 Å². The van der Waals surface area contributed by atoms with E-state index < -0.39 is 5.54 Å². The van der Waals surface area contributed by atoms with Gasteiger partial charge in [0.1, 0.15) is 5.54 Å². The highest BCUT2D eigenvalue weighted by atomic mass is 16.2. The quantitative estimate of drug-likeness (QED) is 0.857. The van der Waals surface area contributed by atoms with Gasteiger partial charge in [-0.15, -0.1) is 0 Å². The predicted octanol–water partition coefficient (Wildman–Crippen LogP) is 0.740. The standard InChI is InChI=1S/C16H21N3O2/c1-16(17,11-5-3-2-4-6-11)15(21)18-12-9-14(20)19(10-12)13-7-8-13/h2-6,12-13H,7-10,17H2,1H3,(H,18,21). The molecule has 5 heteroatoms. The predicted molar refractivity (Wildman–Crippen MR) is 79.3 cm³/mol. The van der Waals surface area contributed by atoms with E-state index in [0.29, 0.717) is 19.0 Å². The van der Waals surface area contributed by atoms with Crippen molar-refractivity contribution >= 4 is 11.8 Å². The van der Waals surface area contributed by atoms with Crippen LogP contribution in [0.25, 0.3) is 0 Å². The van der Waals surface area contributed by atoms with Crippen molar-refractivity contribution in [2.75, 3.05) is 6.54 Å². The number of carbonyl (C=O) groups is 2. The van der Waals surface area contributed by atoms with E-state index in [2.05, 4.69) is 5.32 Å². The summed E-state index contributed by atoms with van der Waals surface area (Å²) in [5, 5.41) is 2.93. The van der Waals surface area contributed by atoms with Crippen molar-refractivity contribution in [3.63, 3.8) is 0 Å². The molecule has 0 spiro atoms. The summed E-state index contributed by atoms with van der Waals surface area (Å²) in [6.07, 6.45) is 2.56. The molecule has 1 aliphatic carbocycles. The van der Waals surface area contributed by atoms with Crippen LogP contribution in [0.15, 0.2) is 30.3 Å². The third-order valence-corrected chi connectivity index (χ3v) is 4.33. The SMILES string of the molecule is CC(N)(C(=O)NC1CC(=O)N(C2CC2)C1)c1ccccc1. The van der Waals surface area contributed by atoms with Crippen LogP contribution in [0.3, 0.4) is 0 Å². The Morgan fingerprint density at radius 3 is 2.62 bits per heavy atom. The van der Waals surface area contributed by atoms with Crippen LogP contribution in [0.1, 0.15) is 31.7 Å². The van der Waals surface area contributed by atoms with Gasteiger partial charge in [0.05, 0.1) is 6.04 Å². The average Bonchev–Trinajstić information content (AvgIpc) is 3.24. The molecule has 1 heterocycles. The van der Waals surface area contributed by atoms with Gasteiger partial charge in [-0.1, -0.05) is 30.3 Å². The summed E-state index contributed by atoms with van der Waals surface area (Å²) < 4.78 is 0. The van der Waals surface area contributed by atoms with Gasteiger partial charge in [0.15, 0.2) is 0 Å². The summed E-state index contributed by atoms with van der Waals surface area (Å²) in [6.45, 7) is 2.31. The van der Waals surface area contributed by atoms with Gasteiger partial charge >= 0.3 is 0 Å². The minimum Gasteiger partial charge on any atom is -0.349 e. The van der Waals surface area contributed by atoms with Gasteiger partial charge in [0, 0.05) is 19.0 Å². The Labute approximate surface area is 124 Å². The molecular formula is C16H21N3O2. The molecule has 3 rings (SSSR count). The van der Waals surface area contributed by atoms with Gasteiger partial charge in [-0.25, -0.2) is 0 Å². The fourth-order valence-corrected chi connectivity index (χ4v) is 2.82. The molecule has 112 valence electrons. The van der Waals surface area contributed by atoms with Crippen molar-refractivity contribution in [1.82, 2.24) is 10.2 Å². The third kappa shape index (κ3) is 2.78. The number of nitrogens with one attached hydrogen (secondary N) is 1. The van der Waals surface area contributed by atoms with Crippen LogP contribution in [-0.4, -0.2) is 35.3 Å². The number of hydrogen-bond acceptors (Lipinski definition) is 3. The zero-order valence-corrected chi connectivity index (χ0v) is 12.2. The summed E-state index contributed by atoms with van der Waals surface area (Å²) in [5.41, 5.74) is 5.87. The Balaban J connectivity index is 1.65. The third-order valence-electron chi connectivity index (χ3n) is 4.33. The van der Waals surface area contributed by atoms with Crippen LogP contribution in [0, 0.1) is 0 Å². The molecule has 2 atom stereocenters. The minimum absolute atomic E-state index is 0.128. The first-order chi connectivity index (χ1) is 9.98. The highest BCUT2D eigenvalue weighted by Gasteiger charge is 2.41. The van der Waals surface area contributed by atoms with Crippen molar-refractivity contribution in [2.24, 2.45) is 5.73 Å². The van der Waals surface area contributed by atoms with Crippen molar-refractivity contribution in [2.45, 2.75) is 43.8 Å². The zero-order chi connectivity index (χ0) is 15.0. The summed E-state index contributed by atoms with van der Waals surface area (Å²) in [4.78, 5) is 26.3. The zero-order valence-electron chi connectivity index (χ0n) is 12.2. The van der Waals surface area contributed by atoms with Crippen LogP contribution in [0.5, 0.6) is 0 Å². The number of rotatable bonds is 4. The van der Waals surface area contributed by atoms with Crippen LogP contribution in [-0.2, 0) is 15.1 Å². The maximum Gasteiger partial charge on any atom is 0.244 e. The van der Waals surface area contributed by atoms with Crippen LogP contribution < -0.4 is 11.1 Å². The highest BCUT2D eigenvalue weighted by Crippen LogP contribution is 2.30. The number of likely N-dealkylation sites (tertiary alicyclic amines) is 1. The molecular weight excluding hydrogens is 266 g/mol. The van der Waals surface area contributed by atoms with E-state index in [1.54, 1.807) is 6.92 Å². The number of benzene rings is 1. The van der Waals surface area contributed by atoms with Crippen molar-refractivity contribution in [3.8, 4) is 0 Å². The van der Waals surface area contributed by atoms with Crippen molar-refractivity contribution < 1.29 is 9.59 Å². The molecule has 2 aliphatic rings. The molecule has 0 bridgehead atoms. The Bertz CT molecular complexity index is 552. The summed E-state index contributed by atoms with van der Waals surface area (Å²) in [7, 11) is 0. The van der Waals surface area contributed by atoms with Gasteiger partial charge < -0.3 is 16.0 Å². The molecule has 1 saturated heterocycles. The van der Waals surface area contributed by atoms with Crippen molar-refractivity contribution in [3.05, 3.63) is 35.9 Å². The van der Waals surface area contributed by atoms with Crippen LogP contribution in [0.2, 0.25) is 0 Å². The lowest BCUT2D eigenvalue weighted by molar-refractivity contribution is -0.128. The maximum absolute atomic E-state index is 12.5. The molecule has 2 unspecified atom stereocenters. The maximum atomic E-state index is 12.5. The van der Waals surface area contributed by atoms with Crippen LogP contribution >= 0.6 is 0 Å². The summed E-state index contributed by atoms with van der Waals surface area (Å²) >= 11 is 0. The second-order valence-corrected chi connectivity index (χ2v) is 6.22. The second kappa shape index (κ2) is 5.15. The molecule has 0 aromatic heterocycles. The normalized spacial score (nSPS) is 24.8. The van der Waals surface area contributed by atoms with Gasteiger partial charge in [-0.2, -0.15) is 0 Å². The van der Waals surface area contributed by atoms with Gasteiger partial charge in [0.25, 0.3) is 0 Å². The average molecular weight is 287 g/mol. The minimum atomic E-state index is -1.09. The summed E-state index contributed by atoms with van der Waals surface area (Å²) in [6, 6.07) is 9.57. The fourth-order valence-electron chi connectivity index (χ4n) is 2.82. The lowest BCUT2D eigenvalue weighted by atomic mass is 9.92. The van der Waals surface area contributed by atoms with Gasteiger partial charge in [0.2, 0.25) is 11.8 Å². The van der Waals surface area contributed by atoms with Crippen molar-refractivity contribution in [1.29, 1.82) is 0 Å². The molecule has 21 heavy (non-hydrogen) atoms. The van der Waals surface area contributed by atoms with E-state index in [-0.39, 0.29) is 17.9 Å². The second-order valence-electron chi connectivity index (χ2n) is 6.22. The van der Waals surface area contributed by atoms with Crippen LogP contribution in [0.4, 0.5) is 0 Å². The molecule has 2 amide bonds. The summed E-state index contributed by atoms with van der Waals surface area (Å²) in [5.74, 6) is -0.0922. The van der Waals surface area contributed by atoms with Gasteiger partial charge in [-0.3, -0.25) is 9.59 Å². The Morgan fingerprint density at radius 1 is 1.33 bits per heavy atom. The number of carbonyl (C=O) groups excluding carboxylic acids is 2. The number of hydrogen-bond donors (Lipinski definition) is 2. The molecule has 1 saturated carbocycles. The number of nitrogens with two attached hydrogens (primary N) is 1. The van der Waals surface area contributed by atoms with E-state index in [1.807, 2.05) is 35.2 Å². The largest absolute Gasteiger partial charge is 0.349 e. The monoisotopic (exact) mass is 287 g/mol. The molecule has 1 aromatic carbocycles. The molecule has 2 fully saturated rings. The van der Waals surface area contributed by atoms with E-state index >= 15 is 0 Å². The molecule has 1 aliphatic heterocycles. The lowest BCUT2D eigenvalue weighted by Gasteiger charge is -2.26. The Kier molecular flexibility index (Phi) is 3.45. The first kappa shape index (κ1) is 14.1. The first-order valence-corrected chi connectivity index (χ1v) is 7.43. The molecule has 5 nitrogen and oxygen atoms in total. The Hall–Kier alpha value is -1.88. The molecule has 0 radical (unpaired) electrons. The Morgan fingerprint density at radius 2 is 2.00 bits per heavy atom. The highest BCUT2D eigenvalue weighted by molar-refractivity contribution is 5.88. The lowest BCUT2D eigenvalue weighted by Crippen LogP contribution is -2.52. The fraction of sp³-hybridized carbons (Fsp3) is 0.500. The topological polar surface area (TPSA) is 75.4 Å². The number of nitrogens with zero attached hydrogens (tertiary/aromatic N) is 1. The first-order valence-electron chi connectivity index (χ1n) is 7.43. The number of amides is 2. The van der Waals surface area contributed by atoms with Gasteiger partial charge in [-0.05, 0) is 25.3 Å². The van der Waals surface area contributed by atoms with E-state index in [9.17, 15) is 9.59 Å². The molecule has 3 N–H and O–H groups in total. The molecule has 1 aromatic rings. The van der Waals surface area contributed by atoms with E-state index in [1.165, 1.54) is 0 Å². The van der Waals surface area contributed by atoms with E-state index in [0.717, 1.165) is 18.4 Å². The smallest absolute Gasteiger partial charge is 0.244 e.